The number of oxime groups is 1. The minimum atomic E-state index is 0.220. The highest BCUT2D eigenvalue weighted by Crippen LogP contribution is 2.05. The fourth-order valence-electron chi connectivity index (χ4n) is 1.65. The maximum Gasteiger partial charge on any atom is 0.140 e. The normalized spacial score (nSPS) is 14.2. The molecule has 0 saturated carbocycles. The summed E-state index contributed by atoms with van der Waals surface area (Å²) >= 11 is 0. The van der Waals surface area contributed by atoms with Crippen LogP contribution >= 0.6 is 0 Å². The van der Waals surface area contributed by atoms with E-state index in [0.29, 0.717) is 13.0 Å². The molecule has 0 aromatic carbocycles. The van der Waals surface area contributed by atoms with Gasteiger partial charge in [-0.15, -0.1) is 0 Å². The number of nitrogens with zero attached hydrogens (tertiary/aromatic N) is 2. The van der Waals surface area contributed by atoms with Crippen molar-refractivity contribution in [2.45, 2.75) is 25.8 Å². The van der Waals surface area contributed by atoms with Crippen LogP contribution in [0.5, 0.6) is 0 Å². The number of methoxy groups -OCH3 is 2. The van der Waals surface area contributed by atoms with Gasteiger partial charge in [-0.25, -0.2) is 0 Å². The van der Waals surface area contributed by atoms with E-state index in [1.54, 1.807) is 14.2 Å². The Balaban J connectivity index is 4.13. The second-order valence-electron chi connectivity index (χ2n) is 4.02. The molecule has 0 bridgehead atoms. The van der Waals surface area contributed by atoms with Gasteiger partial charge < -0.3 is 20.4 Å². The van der Waals surface area contributed by atoms with Crippen molar-refractivity contribution in [1.82, 2.24) is 4.90 Å². The van der Waals surface area contributed by atoms with Gasteiger partial charge in [0.05, 0.1) is 6.61 Å². The van der Waals surface area contributed by atoms with Crippen LogP contribution in [0, 0.1) is 0 Å². The molecule has 0 aliphatic heterocycles. The molecule has 102 valence electrons. The van der Waals surface area contributed by atoms with E-state index in [0.717, 1.165) is 26.1 Å². The van der Waals surface area contributed by atoms with E-state index in [1.807, 2.05) is 0 Å². The Labute approximate surface area is 103 Å². The van der Waals surface area contributed by atoms with Crippen LogP contribution in [0.4, 0.5) is 0 Å². The Morgan fingerprint density at radius 1 is 1.29 bits per heavy atom. The molecule has 0 aliphatic rings. The monoisotopic (exact) mass is 247 g/mol. The van der Waals surface area contributed by atoms with Crippen molar-refractivity contribution in [3.63, 3.8) is 0 Å². The summed E-state index contributed by atoms with van der Waals surface area (Å²) in [4.78, 5) is 2.25. The Morgan fingerprint density at radius 3 is 2.47 bits per heavy atom. The second kappa shape index (κ2) is 10.3. The van der Waals surface area contributed by atoms with Gasteiger partial charge in [-0.1, -0.05) is 5.16 Å². The Morgan fingerprint density at radius 2 is 1.94 bits per heavy atom. The number of hydrogen-bond donors (Lipinski definition) is 2. The molecule has 0 spiro atoms. The van der Waals surface area contributed by atoms with Gasteiger partial charge in [-0.2, -0.15) is 0 Å². The molecular weight excluding hydrogens is 222 g/mol. The zero-order valence-corrected chi connectivity index (χ0v) is 11.1. The molecule has 0 aliphatic carbocycles. The fraction of sp³-hybridized carbons (Fsp3) is 0.909. The van der Waals surface area contributed by atoms with Crippen molar-refractivity contribution in [2.75, 3.05) is 40.5 Å². The van der Waals surface area contributed by atoms with Crippen molar-refractivity contribution < 1.29 is 14.7 Å². The van der Waals surface area contributed by atoms with Gasteiger partial charge >= 0.3 is 0 Å². The number of ether oxygens (including phenoxy) is 2. The average molecular weight is 247 g/mol. The first-order chi connectivity index (χ1) is 8.15. The Kier molecular flexibility index (Phi) is 9.80. The van der Waals surface area contributed by atoms with Gasteiger partial charge in [0, 0.05) is 46.4 Å². The molecule has 6 heteroatoms. The molecule has 0 saturated heterocycles. The van der Waals surface area contributed by atoms with Crippen LogP contribution in [0.1, 0.15) is 19.8 Å². The van der Waals surface area contributed by atoms with Gasteiger partial charge in [-0.3, -0.25) is 4.90 Å². The first kappa shape index (κ1) is 16.1. The highest BCUT2D eigenvalue weighted by Gasteiger charge is 2.14. The van der Waals surface area contributed by atoms with Crippen LogP contribution in [0.15, 0.2) is 5.16 Å². The molecule has 0 amide bonds. The van der Waals surface area contributed by atoms with Crippen molar-refractivity contribution in [1.29, 1.82) is 0 Å². The van der Waals surface area contributed by atoms with Gasteiger partial charge in [0.25, 0.3) is 0 Å². The SMILES string of the molecule is COCCCN(CCOC)C(C)C/C(N)=N/O. The smallest absolute Gasteiger partial charge is 0.140 e. The van der Waals surface area contributed by atoms with Gasteiger partial charge in [0.15, 0.2) is 0 Å². The van der Waals surface area contributed by atoms with Gasteiger partial charge in [0.2, 0.25) is 0 Å². The zero-order chi connectivity index (χ0) is 13.1. The fourth-order valence-corrected chi connectivity index (χ4v) is 1.65. The van der Waals surface area contributed by atoms with E-state index in [2.05, 4.69) is 17.0 Å². The van der Waals surface area contributed by atoms with Crippen molar-refractivity contribution in [2.24, 2.45) is 10.9 Å². The third kappa shape index (κ3) is 7.95. The van der Waals surface area contributed by atoms with E-state index in [-0.39, 0.29) is 11.9 Å². The molecule has 0 fully saturated rings. The minimum Gasteiger partial charge on any atom is -0.409 e. The number of rotatable bonds is 10. The molecular formula is C11H25N3O3. The van der Waals surface area contributed by atoms with Crippen LogP contribution in [-0.4, -0.2) is 62.5 Å². The quantitative estimate of drug-likeness (QED) is 0.193. The lowest BCUT2D eigenvalue weighted by Crippen LogP contribution is -2.39. The maximum atomic E-state index is 8.56. The summed E-state index contributed by atoms with van der Waals surface area (Å²) in [5.41, 5.74) is 5.51. The third-order valence-corrected chi connectivity index (χ3v) is 2.63. The summed E-state index contributed by atoms with van der Waals surface area (Å²) in [5, 5.41) is 11.6. The van der Waals surface area contributed by atoms with Crippen LogP contribution in [0.2, 0.25) is 0 Å². The molecule has 0 aromatic rings. The molecule has 0 rings (SSSR count). The summed E-state index contributed by atoms with van der Waals surface area (Å²) in [5.74, 6) is 0.256. The maximum absolute atomic E-state index is 8.56. The van der Waals surface area contributed by atoms with Gasteiger partial charge in [0.1, 0.15) is 5.84 Å². The van der Waals surface area contributed by atoms with Crippen LogP contribution in [0.3, 0.4) is 0 Å². The minimum absolute atomic E-state index is 0.220. The standard InChI is InChI=1S/C11H25N3O3/c1-10(9-11(12)13-15)14(6-8-17-3)5-4-7-16-2/h10,15H,4-9H2,1-3H3,(H2,12,13). The number of nitrogens with two attached hydrogens (primary N) is 1. The van der Waals surface area contributed by atoms with E-state index >= 15 is 0 Å². The summed E-state index contributed by atoms with van der Waals surface area (Å²) < 4.78 is 10.1. The lowest BCUT2D eigenvalue weighted by molar-refractivity contribution is 0.112. The molecule has 1 atom stereocenters. The topological polar surface area (TPSA) is 80.3 Å². The van der Waals surface area contributed by atoms with E-state index in [9.17, 15) is 0 Å². The third-order valence-electron chi connectivity index (χ3n) is 2.63. The number of amidine groups is 1. The molecule has 6 nitrogen and oxygen atoms in total. The Bertz CT molecular complexity index is 212. The molecule has 0 radical (unpaired) electrons. The highest BCUT2D eigenvalue weighted by atomic mass is 16.5. The molecule has 0 aromatic heterocycles. The summed E-state index contributed by atoms with van der Waals surface area (Å²) in [6.45, 7) is 5.21. The lowest BCUT2D eigenvalue weighted by atomic mass is 10.2. The summed E-state index contributed by atoms with van der Waals surface area (Å²) in [6.07, 6.45) is 1.51. The predicted octanol–water partition coefficient (Wildman–Crippen LogP) is 0.496. The average Bonchev–Trinajstić information content (AvgIpc) is 2.33. The van der Waals surface area contributed by atoms with Crippen LogP contribution < -0.4 is 5.73 Å². The summed E-state index contributed by atoms with van der Waals surface area (Å²) in [7, 11) is 3.38. The second-order valence-corrected chi connectivity index (χ2v) is 4.02. The van der Waals surface area contributed by atoms with Crippen LogP contribution in [0.25, 0.3) is 0 Å². The van der Waals surface area contributed by atoms with Crippen LogP contribution in [-0.2, 0) is 9.47 Å². The van der Waals surface area contributed by atoms with Crippen molar-refractivity contribution >= 4 is 5.84 Å². The van der Waals surface area contributed by atoms with E-state index in [1.165, 1.54) is 0 Å². The van der Waals surface area contributed by atoms with E-state index in [4.69, 9.17) is 20.4 Å². The van der Waals surface area contributed by atoms with Crippen molar-refractivity contribution in [3.05, 3.63) is 0 Å². The first-order valence-corrected chi connectivity index (χ1v) is 5.84. The largest absolute Gasteiger partial charge is 0.409 e. The zero-order valence-electron chi connectivity index (χ0n) is 11.1. The highest BCUT2D eigenvalue weighted by molar-refractivity contribution is 5.80. The van der Waals surface area contributed by atoms with E-state index < -0.39 is 0 Å². The Hall–Kier alpha value is -0.850. The molecule has 0 heterocycles. The molecule has 17 heavy (non-hydrogen) atoms. The lowest BCUT2D eigenvalue weighted by Gasteiger charge is -2.28. The van der Waals surface area contributed by atoms with Crippen molar-refractivity contribution in [3.8, 4) is 0 Å². The molecule has 1 unspecified atom stereocenters. The molecule has 3 N–H and O–H groups in total. The predicted molar refractivity (Wildman–Crippen MR) is 67.4 cm³/mol. The van der Waals surface area contributed by atoms with Gasteiger partial charge in [-0.05, 0) is 13.3 Å². The number of hydrogen-bond acceptors (Lipinski definition) is 5. The first-order valence-electron chi connectivity index (χ1n) is 5.84. The summed E-state index contributed by atoms with van der Waals surface area (Å²) in [6, 6.07) is 0.220.